The summed E-state index contributed by atoms with van der Waals surface area (Å²) in [5, 5.41) is 0.652. The fourth-order valence-corrected chi connectivity index (χ4v) is 4.50. The second-order valence-corrected chi connectivity index (χ2v) is 7.82. The van der Waals surface area contributed by atoms with Gasteiger partial charge in [0.15, 0.2) is 4.80 Å². The van der Waals surface area contributed by atoms with Crippen LogP contribution in [0.1, 0.15) is 6.42 Å². The Morgan fingerprint density at radius 1 is 1.28 bits per heavy atom. The molecule has 1 heterocycles. The average Bonchev–Trinajstić information content (AvgIpc) is 2.92. The standard InChI is InChI=1S/C19H15ClN2OS2/c1-2-11-22-16-9-8-14(20)13-17(16)25-19(22)21-18(23)10-12-24-15-6-4-3-5-7-15/h1,3-9,13H,10-12H2. The van der Waals surface area contributed by atoms with E-state index in [0.29, 0.717) is 28.5 Å². The summed E-state index contributed by atoms with van der Waals surface area (Å²) in [6, 6.07) is 15.6. The third-order valence-electron chi connectivity index (χ3n) is 3.44. The van der Waals surface area contributed by atoms with Crippen molar-refractivity contribution in [2.45, 2.75) is 17.9 Å². The first-order chi connectivity index (χ1) is 12.2. The molecule has 0 unspecified atom stereocenters. The van der Waals surface area contributed by atoms with Gasteiger partial charge in [-0.15, -0.1) is 18.2 Å². The summed E-state index contributed by atoms with van der Waals surface area (Å²) >= 11 is 9.12. The number of nitrogens with zero attached hydrogens (tertiary/aromatic N) is 2. The number of carbonyl (C=O) groups is 1. The van der Waals surface area contributed by atoms with E-state index in [1.807, 2.05) is 53.1 Å². The van der Waals surface area contributed by atoms with E-state index < -0.39 is 0 Å². The highest BCUT2D eigenvalue weighted by Gasteiger charge is 2.08. The van der Waals surface area contributed by atoms with E-state index in [-0.39, 0.29) is 5.91 Å². The van der Waals surface area contributed by atoms with Crippen LogP contribution in [0.15, 0.2) is 58.4 Å². The van der Waals surface area contributed by atoms with Crippen molar-refractivity contribution in [1.82, 2.24) is 4.57 Å². The lowest BCUT2D eigenvalue weighted by Crippen LogP contribution is -2.16. The Bertz CT molecular complexity index is 1000. The van der Waals surface area contributed by atoms with Gasteiger partial charge in [0, 0.05) is 22.1 Å². The zero-order valence-electron chi connectivity index (χ0n) is 13.3. The zero-order valence-corrected chi connectivity index (χ0v) is 15.7. The summed E-state index contributed by atoms with van der Waals surface area (Å²) in [6.07, 6.45) is 5.84. The van der Waals surface area contributed by atoms with E-state index in [1.54, 1.807) is 11.8 Å². The van der Waals surface area contributed by atoms with Crippen LogP contribution < -0.4 is 4.80 Å². The number of benzene rings is 2. The predicted octanol–water partition coefficient (Wildman–Crippen LogP) is 4.60. The second-order valence-electron chi connectivity index (χ2n) is 5.20. The summed E-state index contributed by atoms with van der Waals surface area (Å²) in [4.78, 5) is 18.3. The predicted molar refractivity (Wildman–Crippen MR) is 106 cm³/mol. The zero-order chi connectivity index (χ0) is 17.6. The van der Waals surface area contributed by atoms with Crippen molar-refractivity contribution < 1.29 is 4.79 Å². The maximum atomic E-state index is 12.2. The molecule has 3 nitrogen and oxygen atoms in total. The van der Waals surface area contributed by atoms with Crippen molar-refractivity contribution in [3.8, 4) is 12.3 Å². The van der Waals surface area contributed by atoms with Gasteiger partial charge in [-0.25, -0.2) is 0 Å². The van der Waals surface area contributed by atoms with Gasteiger partial charge in [-0.1, -0.05) is 47.1 Å². The molecule has 0 aliphatic heterocycles. The lowest BCUT2D eigenvalue weighted by atomic mass is 10.3. The first kappa shape index (κ1) is 17.8. The Labute approximate surface area is 159 Å². The summed E-state index contributed by atoms with van der Waals surface area (Å²) < 4.78 is 2.84. The molecular formula is C19H15ClN2OS2. The Morgan fingerprint density at radius 3 is 2.84 bits per heavy atom. The molecule has 126 valence electrons. The highest BCUT2D eigenvalue weighted by molar-refractivity contribution is 7.99. The molecule has 0 bridgehead atoms. The molecule has 2 aromatic carbocycles. The van der Waals surface area contributed by atoms with Gasteiger partial charge >= 0.3 is 0 Å². The van der Waals surface area contributed by atoms with Gasteiger partial charge in [0.2, 0.25) is 5.91 Å². The number of terminal acetylenes is 1. The number of hydrogen-bond donors (Lipinski definition) is 0. The van der Waals surface area contributed by atoms with Crippen LogP contribution in [0.4, 0.5) is 0 Å². The maximum absolute atomic E-state index is 12.2. The topological polar surface area (TPSA) is 34.4 Å². The minimum absolute atomic E-state index is 0.146. The molecule has 0 fully saturated rings. The van der Waals surface area contributed by atoms with Gasteiger partial charge in [-0.05, 0) is 30.3 Å². The minimum Gasteiger partial charge on any atom is -0.305 e. The normalized spacial score (nSPS) is 11.6. The van der Waals surface area contributed by atoms with Gasteiger partial charge in [-0.3, -0.25) is 4.79 Å². The van der Waals surface area contributed by atoms with E-state index in [0.717, 1.165) is 15.1 Å². The van der Waals surface area contributed by atoms with E-state index in [4.69, 9.17) is 18.0 Å². The van der Waals surface area contributed by atoms with Crippen molar-refractivity contribution in [1.29, 1.82) is 0 Å². The Kier molecular flexibility index (Phi) is 5.98. The van der Waals surface area contributed by atoms with Crippen molar-refractivity contribution >= 4 is 50.8 Å². The van der Waals surface area contributed by atoms with Gasteiger partial charge in [0.25, 0.3) is 0 Å². The number of amides is 1. The largest absolute Gasteiger partial charge is 0.305 e. The van der Waals surface area contributed by atoms with E-state index in [2.05, 4.69) is 10.9 Å². The lowest BCUT2D eigenvalue weighted by molar-refractivity contribution is -0.117. The molecule has 0 N–H and O–H groups in total. The van der Waals surface area contributed by atoms with Crippen LogP contribution in [0.3, 0.4) is 0 Å². The van der Waals surface area contributed by atoms with Crippen molar-refractivity contribution in [3.05, 3.63) is 58.4 Å². The van der Waals surface area contributed by atoms with Crippen LogP contribution in [0.2, 0.25) is 5.02 Å². The Morgan fingerprint density at radius 2 is 2.08 bits per heavy atom. The second kappa shape index (κ2) is 8.39. The highest BCUT2D eigenvalue weighted by Crippen LogP contribution is 2.22. The van der Waals surface area contributed by atoms with Crippen LogP contribution in [0, 0.1) is 12.3 Å². The summed E-state index contributed by atoms with van der Waals surface area (Å²) in [7, 11) is 0. The Balaban J connectivity index is 1.78. The third kappa shape index (κ3) is 4.55. The van der Waals surface area contributed by atoms with Crippen LogP contribution in [0.5, 0.6) is 0 Å². The number of thioether (sulfide) groups is 1. The quantitative estimate of drug-likeness (QED) is 0.474. The smallest absolute Gasteiger partial charge is 0.249 e. The molecule has 3 aromatic rings. The van der Waals surface area contributed by atoms with Crippen molar-refractivity contribution in [3.63, 3.8) is 0 Å². The molecule has 1 amide bonds. The number of halogens is 1. The van der Waals surface area contributed by atoms with Crippen LogP contribution in [-0.4, -0.2) is 16.2 Å². The van der Waals surface area contributed by atoms with E-state index >= 15 is 0 Å². The first-order valence-electron chi connectivity index (χ1n) is 7.65. The first-order valence-corrected chi connectivity index (χ1v) is 9.83. The molecule has 0 atom stereocenters. The number of thiazole rings is 1. The number of carbonyl (C=O) groups excluding carboxylic acids is 1. The number of fused-ring (bicyclic) bond motifs is 1. The molecule has 25 heavy (non-hydrogen) atoms. The van der Waals surface area contributed by atoms with Crippen LogP contribution in [0.25, 0.3) is 10.2 Å². The summed E-state index contributed by atoms with van der Waals surface area (Å²) in [5.74, 6) is 3.16. The third-order valence-corrected chi connectivity index (χ3v) is 5.73. The van der Waals surface area contributed by atoms with Crippen LogP contribution in [-0.2, 0) is 11.3 Å². The summed E-state index contributed by atoms with van der Waals surface area (Å²) in [5.41, 5.74) is 0.942. The molecular weight excluding hydrogens is 372 g/mol. The minimum atomic E-state index is -0.146. The molecule has 3 rings (SSSR count). The van der Waals surface area contributed by atoms with Crippen molar-refractivity contribution in [2.75, 3.05) is 5.75 Å². The van der Waals surface area contributed by atoms with E-state index in [1.165, 1.54) is 11.3 Å². The molecule has 0 radical (unpaired) electrons. The fraction of sp³-hybridized carbons (Fsp3) is 0.158. The van der Waals surface area contributed by atoms with Crippen LogP contribution >= 0.6 is 34.7 Å². The maximum Gasteiger partial charge on any atom is 0.249 e. The molecule has 0 saturated carbocycles. The van der Waals surface area contributed by atoms with Crippen molar-refractivity contribution in [2.24, 2.45) is 4.99 Å². The monoisotopic (exact) mass is 386 g/mol. The highest BCUT2D eigenvalue weighted by atomic mass is 35.5. The van der Waals surface area contributed by atoms with Gasteiger partial charge in [0.05, 0.1) is 16.8 Å². The summed E-state index contributed by atoms with van der Waals surface area (Å²) in [6.45, 7) is 0.368. The molecule has 0 aliphatic carbocycles. The molecule has 0 aliphatic rings. The number of rotatable bonds is 5. The molecule has 0 saturated heterocycles. The average molecular weight is 387 g/mol. The fourth-order valence-electron chi connectivity index (χ4n) is 2.31. The lowest BCUT2D eigenvalue weighted by Gasteiger charge is -2.00. The van der Waals surface area contributed by atoms with Gasteiger partial charge in [-0.2, -0.15) is 4.99 Å². The van der Waals surface area contributed by atoms with Gasteiger partial charge < -0.3 is 4.57 Å². The Hall–Kier alpha value is -2.00. The molecule has 0 spiro atoms. The number of aromatic nitrogens is 1. The SMILES string of the molecule is C#CCn1c(=NC(=O)CCSc2ccccc2)sc2cc(Cl)ccc21. The molecule has 1 aromatic heterocycles. The molecule has 6 heteroatoms. The van der Waals surface area contributed by atoms with Gasteiger partial charge in [0.1, 0.15) is 0 Å². The number of hydrogen-bond acceptors (Lipinski definition) is 3. The van der Waals surface area contributed by atoms with E-state index in [9.17, 15) is 4.79 Å².